The van der Waals surface area contributed by atoms with Gasteiger partial charge in [-0.3, -0.25) is 9.69 Å². The van der Waals surface area contributed by atoms with Crippen molar-refractivity contribution in [2.45, 2.75) is 31.8 Å². The van der Waals surface area contributed by atoms with Crippen molar-refractivity contribution in [3.05, 3.63) is 59.4 Å². The van der Waals surface area contributed by atoms with Gasteiger partial charge in [0.05, 0.1) is 18.0 Å². The molecule has 0 unspecified atom stereocenters. The quantitative estimate of drug-likeness (QED) is 0.865. The minimum absolute atomic E-state index is 0.0627. The van der Waals surface area contributed by atoms with Crippen LogP contribution in [0.5, 0.6) is 0 Å². The number of amides is 1. The molecule has 1 aromatic carbocycles. The summed E-state index contributed by atoms with van der Waals surface area (Å²) >= 11 is 0. The van der Waals surface area contributed by atoms with Crippen molar-refractivity contribution < 1.29 is 4.79 Å². The van der Waals surface area contributed by atoms with Crippen molar-refractivity contribution in [2.24, 2.45) is 5.92 Å². The summed E-state index contributed by atoms with van der Waals surface area (Å²) in [6.45, 7) is 6.04. The predicted octanol–water partition coefficient (Wildman–Crippen LogP) is 2.73. The van der Waals surface area contributed by atoms with Crippen LogP contribution in [0.25, 0.3) is 0 Å². The zero-order chi connectivity index (χ0) is 17.6. The standard InChI is InChI=1S/C20H24N4O/c1-13(2)23(3)19-16-7-5-4-6-15(16)17-11-24(12-18(17)19)20(25)14-8-9-21-22-10-14/h4-10,13,17-19H,11-12H2,1-3H3/t17-,18-,19-/m0/s1. The summed E-state index contributed by atoms with van der Waals surface area (Å²) < 4.78 is 0. The van der Waals surface area contributed by atoms with Gasteiger partial charge in [0.2, 0.25) is 0 Å². The van der Waals surface area contributed by atoms with Gasteiger partial charge >= 0.3 is 0 Å². The first-order valence-corrected chi connectivity index (χ1v) is 8.94. The topological polar surface area (TPSA) is 49.3 Å². The van der Waals surface area contributed by atoms with Gasteiger partial charge in [0.25, 0.3) is 5.91 Å². The molecule has 1 aromatic heterocycles. The second kappa shape index (κ2) is 6.23. The number of nitrogens with zero attached hydrogens (tertiary/aromatic N) is 4. The van der Waals surface area contributed by atoms with Crippen molar-refractivity contribution in [2.75, 3.05) is 20.1 Å². The van der Waals surface area contributed by atoms with Gasteiger partial charge in [-0.15, -0.1) is 0 Å². The van der Waals surface area contributed by atoms with E-state index in [1.165, 1.54) is 11.1 Å². The number of hydrogen-bond acceptors (Lipinski definition) is 4. The second-order valence-electron chi connectivity index (χ2n) is 7.44. The lowest BCUT2D eigenvalue weighted by atomic mass is 9.93. The third-order valence-electron chi connectivity index (χ3n) is 5.86. The van der Waals surface area contributed by atoms with Crippen molar-refractivity contribution in [3.63, 3.8) is 0 Å². The van der Waals surface area contributed by atoms with Gasteiger partial charge in [0.15, 0.2) is 0 Å². The molecular weight excluding hydrogens is 312 g/mol. The lowest BCUT2D eigenvalue weighted by molar-refractivity contribution is 0.0768. The van der Waals surface area contributed by atoms with E-state index in [4.69, 9.17) is 0 Å². The van der Waals surface area contributed by atoms with Crippen LogP contribution >= 0.6 is 0 Å². The highest BCUT2D eigenvalue weighted by Gasteiger charge is 2.48. The summed E-state index contributed by atoms with van der Waals surface area (Å²) in [4.78, 5) is 17.3. The van der Waals surface area contributed by atoms with Gasteiger partial charge < -0.3 is 4.90 Å². The molecule has 0 spiro atoms. The molecule has 3 atom stereocenters. The molecule has 1 amide bonds. The Morgan fingerprint density at radius 1 is 1.16 bits per heavy atom. The van der Waals surface area contributed by atoms with E-state index in [9.17, 15) is 4.79 Å². The van der Waals surface area contributed by atoms with E-state index in [0.29, 0.717) is 29.5 Å². The summed E-state index contributed by atoms with van der Waals surface area (Å²) in [7, 11) is 2.20. The van der Waals surface area contributed by atoms with Crippen LogP contribution in [0.15, 0.2) is 42.7 Å². The molecule has 1 aliphatic heterocycles. The number of carbonyl (C=O) groups excluding carboxylic acids is 1. The number of fused-ring (bicyclic) bond motifs is 3. The molecule has 1 saturated heterocycles. The number of rotatable bonds is 3. The van der Waals surface area contributed by atoms with Crippen LogP contribution in [-0.4, -0.2) is 52.1 Å². The zero-order valence-corrected chi connectivity index (χ0v) is 15.0. The molecule has 0 bridgehead atoms. The summed E-state index contributed by atoms with van der Waals surface area (Å²) in [6.07, 6.45) is 3.14. The molecule has 5 nitrogen and oxygen atoms in total. The predicted molar refractivity (Wildman–Crippen MR) is 96.2 cm³/mol. The average Bonchev–Trinajstić information content (AvgIpc) is 3.18. The Kier molecular flexibility index (Phi) is 4.04. The fourth-order valence-electron chi connectivity index (χ4n) is 4.43. The monoisotopic (exact) mass is 336 g/mol. The highest BCUT2D eigenvalue weighted by Crippen LogP contribution is 2.51. The van der Waals surface area contributed by atoms with Crippen molar-refractivity contribution >= 4 is 5.91 Å². The van der Waals surface area contributed by atoms with Crippen molar-refractivity contribution in [1.29, 1.82) is 0 Å². The molecule has 4 rings (SSSR count). The van der Waals surface area contributed by atoms with E-state index in [-0.39, 0.29) is 5.91 Å². The smallest absolute Gasteiger partial charge is 0.255 e. The van der Waals surface area contributed by atoms with E-state index in [2.05, 4.69) is 60.3 Å². The fourth-order valence-corrected chi connectivity index (χ4v) is 4.43. The third kappa shape index (κ3) is 2.63. The molecule has 2 aromatic rings. The Bertz CT molecular complexity index is 776. The van der Waals surface area contributed by atoms with Gasteiger partial charge in [-0.1, -0.05) is 24.3 Å². The Labute approximate surface area is 148 Å². The SMILES string of the molecule is CC(C)N(C)[C@H]1c2ccccc2[C@@H]2CN(C(=O)c3ccnnc3)C[C@@H]21. The number of likely N-dealkylation sites (tertiary alicyclic amines) is 1. The molecule has 1 fully saturated rings. The fraction of sp³-hybridized carbons (Fsp3) is 0.450. The lowest BCUT2D eigenvalue weighted by Crippen LogP contribution is -2.36. The molecule has 2 heterocycles. The van der Waals surface area contributed by atoms with E-state index < -0.39 is 0 Å². The van der Waals surface area contributed by atoms with Crippen molar-refractivity contribution in [3.8, 4) is 0 Å². The first-order valence-electron chi connectivity index (χ1n) is 8.94. The van der Waals surface area contributed by atoms with E-state index in [1.807, 2.05) is 4.90 Å². The van der Waals surface area contributed by atoms with Gasteiger partial charge in [-0.25, -0.2) is 0 Å². The molecular formula is C20H24N4O. The van der Waals surface area contributed by atoms with Crippen molar-refractivity contribution in [1.82, 2.24) is 20.0 Å². The van der Waals surface area contributed by atoms with Crippen LogP contribution in [-0.2, 0) is 0 Å². The largest absolute Gasteiger partial charge is 0.338 e. The summed E-state index contributed by atoms with van der Waals surface area (Å²) in [5, 5.41) is 7.61. The molecule has 2 aliphatic rings. The first kappa shape index (κ1) is 16.2. The molecule has 25 heavy (non-hydrogen) atoms. The van der Waals surface area contributed by atoms with E-state index in [0.717, 1.165) is 13.1 Å². The maximum absolute atomic E-state index is 12.8. The molecule has 0 N–H and O–H groups in total. The molecule has 1 aliphatic carbocycles. The van der Waals surface area contributed by atoms with Gasteiger partial charge in [-0.2, -0.15) is 10.2 Å². The molecule has 0 saturated carbocycles. The van der Waals surface area contributed by atoms with E-state index >= 15 is 0 Å². The minimum atomic E-state index is 0.0627. The zero-order valence-electron chi connectivity index (χ0n) is 15.0. The van der Waals surface area contributed by atoms with Crippen LogP contribution in [0.3, 0.4) is 0 Å². The Morgan fingerprint density at radius 3 is 2.60 bits per heavy atom. The normalized spacial score (nSPS) is 24.7. The molecule has 5 heteroatoms. The van der Waals surface area contributed by atoms with Crippen LogP contribution in [0.2, 0.25) is 0 Å². The lowest BCUT2D eigenvalue weighted by Gasteiger charge is -2.33. The van der Waals surface area contributed by atoms with Gasteiger partial charge in [0, 0.05) is 37.0 Å². The summed E-state index contributed by atoms with van der Waals surface area (Å²) in [5.74, 6) is 0.928. The average molecular weight is 336 g/mol. The highest BCUT2D eigenvalue weighted by atomic mass is 16.2. The highest BCUT2D eigenvalue weighted by molar-refractivity contribution is 5.94. The first-order chi connectivity index (χ1) is 12.1. The third-order valence-corrected chi connectivity index (χ3v) is 5.86. The number of carbonyl (C=O) groups is 1. The summed E-state index contributed by atoms with van der Waals surface area (Å²) in [5.41, 5.74) is 3.47. The van der Waals surface area contributed by atoms with E-state index in [1.54, 1.807) is 18.5 Å². The Balaban J connectivity index is 1.65. The van der Waals surface area contributed by atoms with Gasteiger partial charge in [0.1, 0.15) is 0 Å². The minimum Gasteiger partial charge on any atom is -0.338 e. The maximum Gasteiger partial charge on any atom is 0.255 e. The van der Waals surface area contributed by atoms with Crippen LogP contribution in [0.1, 0.15) is 47.3 Å². The second-order valence-corrected chi connectivity index (χ2v) is 7.44. The Hall–Kier alpha value is -2.27. The van der Waals surface area contributed by atoms with Crippen LogP contribution < -0.4 is 0 Å². The van der Waals surface area contributed by atoms with Gasteiger partial charge in [-0.05, 0) is 38.1 Å². The molecule has 0 radical (unpaired) electrons. The number of hydrogen-bond donors (Lipinski definition) is 0. The van der Waals surface area contributed by atoms with Crippen LogP contribution in [0, 0.1) is 5.92 Å². The summed E-state index contributed by atoms with van der Waals surface area (Å²) in [6, 6.07) is 11.3. The maximum atomic E-state index is 12.8. The Morgan fingerprint density at radius 2 is 1.92 bits per heavy atom. The molecule has 130 valence electrons. The number of benzene rings is 1. The van der Waals surface area contributed by atoms with Crippen LogP contribution in [0.4, 0.5) is 0 Å². The number of aromatic nitrogens is 2.